The fraction of sp³-hybridized carbons (Fsp3) is 0.375. The van der Waals surface area contributed by atoms with Crippen molar-refractivity contribution >= 4 is 21.5 Å². The second kappa shape index (κ2) is 13.7. The number of benzene rings is 4. The first-order chi connectivity index (χ1) is 18.4. The van der Waals surface area contributed by atoms with Gasteiger partial charge in [-0.2, -0.15) is 0 Å². The highest BCUT2D eigenvalue weighted by Gasteiger charge is 2.12. The zero-order valence-electron chi connectivity index (χ0n) is 21.7. The molecule has 5 rings (SSSR count). The van der Waals surface area contributed by atoms with Gasteiger partial charge in [0.2, 0.25) is 0 Å². The standard InChI is InChI=1S/C32H38N2O3/c1-3-13-31-27(7-1)9-5-11-29(31)25-33-15-19-35-20-16-34(18-22-37-24-23-36-21-17-33)26-30-12-6-10-28-8-2-4-14-32(28)30/h1-14H,15-26H2. The molecule has 1 aliphatic heterocycles. The molecule has 1 saturated heterocycles. The Balaban J connectivity index is 1.21. The Labute approximate surface area is 220 Å². The van der Waals surface area contributed by atoms with Crippen LogP contribution in [-0.4, -0.2) is 75.6 Å². The van der Waals surface area contributed by atoms with Gasteiger partial charge in [-0.05, 0) is 32.7 Å². The summed E-state index contributed by atoms with van der Waals surface area (Å²) in [6, 6.07) is 30.4. The first kappa shape index (κ1) is 25.8. The Bertz CT molecular complexity index is 1150. The summed E-state index contributed by atoms with van der Waals surface area (Å²) < 4.78 is 18.0. The van der Waals surface area contributed by atoms with Crippen LogP contribution in [0.4, 0.5) is 0 Å². The molecule has 5 nitrogen and oxygen atoms in total. The zero-order valence-corrected chi connectivity index (χ0v) is 21.7. The quantitative estimate of drug-likeness (QED) is 0.378. The molecule has 4 aromatic carbocycles. The number of hydrogen-bond donors (Lipinski definition) is 0. The summed E-state index contributed by atoms with van der Waals surface area (Å²) in [5.41, 5.74) is 2.70. The van der Waals surface area contributed by atoms with Gasteiger partial charge in [-0.15, -0.1) is 0 Å². The second-order valence-electron chi connectivity index (χ2n) is 9.67. The van der Waals surface area contributed by atoms with Crippen molar-refractivity contribution in [3.8, 4) is 0 Å². The lowest BCUT2D eigenvalue weighted by Gasteiger charge is -2.24. The molecule has 0 bridgehead atoms. The number of ether oxygens (including phenoxy) is 3. The van der Waals surface area contributed by atoms with Crippen LogP contribution in [0.5, 0.6) is 0 Å². The number of hydrogen-bond acceptors (Lipinski definition) is 5. The van der Waals surface area contributed by atoms with E-state index < -0.39 is 0 Å². The maximum Gasteiger partial charge on any atom is 0.0701 e. The molecule has 194 valence electrons. The van der Waals surface area contributed by atoms with Gasteiger partial charge in [-0.1, -0.05) is 84.9 Å². The molecule has 0 aromatic heterocycles. The molecule has 5 heteroatoms. The van der Waals surface area contributed by atoms with Crippen LogP contribution in [0.2, 0.25) is 0 Å². The summed E-state index contributed by atoms with van der Waals surface area (Å²) in [6.45, 7) is 9.35. The van der Waals surface area contributed by atoms with Crippen molar-refractivity contribution in [2.45, 2.75) is 13.1 Å². The van der Waals surface area contributed by atoms with Gasteiger partial charge in [0.1, 0.15) is 0 Å². The van der Waals surface area contributed by atoms with Crippen LogP contribution in [0.3, 0.4) is 0 Å². The molecule has 1 aliphatic rings. The summed E-state index contributed by atoms with van der Waals surface area (Å²) in [4.78, 5) is 4.88. The fourth-order valence-electron chi connectivity index (χ4n) is 5.08. The largest absolute Gasteiger partial charge is 0.379 e. The zero-order chi connectivity index (χ0) is 25.1. The summed E-state index contributed by atoms with van der Waals surface area (Å²) in [7, 11) is 0. The van der Waals surface area contributed by atoms with Gasteiger partial charge < -0.3 is 14.2 Å². The summed E-state index contributed by atoms with van der Waals surface area (Å²) in [5.74, 6) is 0. The van der Waals surface area contributed by atoms with Crippen molar-refractivity contribution in [1.29, 1.82) is 0 Å². The van der Waals surface area contributed by atoms with E-state index in [1.54, 1.807) is 0 Å². The maximum atomic E-state index is 6.16. The molecule has 0 aliphatic carbocycles. The van der Waals surface area contributed by atoms with E-state index in [0.29, 0.717) is 39.6 Å². The predicted molar refractivity (Wildman–Crippen MR) is 151 cm³/mol. The van der Waals surface area contributed by atoms with Gasteiger partial charge in [0.15, 0.2) is 0 Å². The second-order valence-corrected chi connectivity index (χ2v) is 9.67. The van der Waals surface area contributed by atoms with Crippen LogP contribution in [0.25, 0.3) is 21.5 Å². The van der Waals surface area contributed by atoms with E-state index in [2.05, 4.69) is 94.7 Å². The van der Waals surface area contributed by atoms with Crippen LogP contribution < -0.4 is 0 Å². The average Bonchev–Trinajstić information content (AvgIpc) is 2.94. The van der Waals surface area contributed by atoms with Gasteiger partial charge in [0.05, 0.1) is 39.6 Å². The summed E-state index contributed by atoms with van der Waals surface area (Å²) in [6.07, 6.45) is 0. The molecular formula is C32H38N2O3. The average molecular weight is 499 g/mol. The molecule has 0 atom stereocenters. The van der Waals surface area contributed by atoms with E-state index in [9.17, 15) is 0 Å². The van der Waals surface area contributed by atoms with Crippen molar-refractivity contribution in [3.05, 3.63) is 96.1 Å². The van der Waals surface area contributed by atoms with Crippen LogP contribution in [-0.2, 0) is 27.3 Å². The molecule has 0 spiro atoms. The third kappa shape index (κ3) is 7.37. The smallest absolute Gasteiger partial charge is 0.0701 e. The van der Waals surface area contributed by atoms with E-state index >= 15 is 0 Å². The molecule has 0 unspecified atom stereocenters. The maximum absolute atomic E-state index is 6.16. The molecule has 0 N–H and O–H groups in total. The number of nitrogens with zero attached hydrogens (tertiary/aromatic N) is 2. The first-order valence-corrected chi connectivity index (χ1v) is 13.5. The van der Waals surface area contributed by atoms with Crippen LogP contribution >= 0.6 is 0 Å². The normalized spacial score (nSPS) is 17.9. The van der Waals surface area contributed by atoms with Crippen molar-refractivity contribution in [3.63, 3.8) is 0 Å². The van der Waals surface area contributed by atoms with E-state index in [4.69, 9.17) is 14.2 Å². The lowest BCUT2D eigenvalue weighted by molar-refractivity contribution is 0.0311. The van der Waals surface area contributed by atoms with Crippen molar-refractivity contribution in [1.82, 2.24) is 9.80 Å². The molecule has 4 aromatic rings. The molecular weight excluding hydrogens is 460 g/mol. The van der Waals surface area contributed by atoms with Crippen molar-refractivity contribution < 1.29 is 14.2 Å². The van der Waals surface area contributed by atoms with E-state index in [1.165, 1.54) is 32.7 Å². The monoisotopic (exact) mass is 498 g/mol. The Kier molecular flexibility index (Phi) is 9.54. The first-order valence-electron chi connectivity index (χ1n) is 13.5. The van der Waals surface area contributed by atoms with Crippen LogP contribution in [0.15, 0.2) is 84.9 Å². The van der Waals surface area contributed by atoms with E-state index in [0.717, 1.165) is 39.3 Å². The Morgan fingerprint density at radius 2 is 0.811 bits per heavy atom. The number of rotatable bonds is 4. The highest BCUT2D eigenvalue weighted by molar-refractivity contribution is 5.86. The van der Waals surface area contributed by atoms with Crippen molar-refractivity contribution in [2.75, 3.05) is 65.8 Å². The lowest BCUT2D eigenvalue weighted by atomic mass is 10.0. The number of fused-ring (bicyclic) bond motifs is 2. The molecule has 1 heterocycles. The third-order valence-electron chi connectivity index (χ3n) is 7.13. The minimum absolute atomic E-state index is 0.627. The highest BCUT2D eigenvalue weighted by Crippen LogP contribution is 2.21. The van der Waals surface area contributed by atoms with Gasteiger partial charge in [-0.3, -0.25) is 9.80 Å². The highest BCUT2D eigenvalue weighted by atomic mass is 16.5. The topological polar surface area (TPSA) is 34.2 Å². The molecule has 0 radical (unpaired) electrons. The predicted octanol–water partition coefficient (Wildman–Crippen LogP) is 5.36. The molecule has 37 heavy (non-hydrogen) atoms. The fourth-order valence-corrected chi connectivity index (χ4v) is 5.08. The minimum Gasteiger partial charge on any atom is -0.379 e. The van der Waals surface area contributed by atoms with E-state index in [-0.39, 0.29) is 0 Å². The summed E-state index contributed by atoms with van der Waals surface area (Å²) in [5, 5.41) is 5.21. The lowest BCUT2D eigenvalue weighted by Crippen LogP contribution is -2.33. The van der Waals surface area contributed by atoms with Gasteiger partial charge in [0.25, 0.3) is 0 Å². The molecule has 0 saturated carbocycles. The Hall–Kier alpha value is -2.80. The van der Waals surface area contributed by atoms with Crippen LogP contribution in [0, 0.1) is 0 Å². The van der Waals surface area contributed by atoms with Gasteiger partial charge in [0, 0.05) is 39.3 Å². The third-order valence-corrected chi connectivity index (χ3v) is 7.13. The SMILES string of the molecule is c1ccc2c(CN3CCOCCOCCN(Cc4cccc5ccccc45)CCOCC3)cccc2c1. The Morgan fingerprint density at radius 1 is 0.432 bits per heavy atom. The molecule has 1 fully saturated rings. The Morgan fingerprint density at radius 3 is 1.27 bits per heavy atom. The van der Waals surface area contributed by atoms with Crippen molar-refractivity contribution in [2.24, 2.45) is 0 Å². The van der Waals surface area contributed by atoms with Gasteiger partial charge in [-0.25, -0.2) is 0 Å². The van der Waals surface area contributed by atoms with E-state index in [1.807, 2.05) is 0 Å². The summed E-state index contributed by atoms with van der Waals surface area (Å²) >= 11 is 0. The molecule has 0 amide bonds. The van der Waals surface area contributed by atoms with Crippen LogP contribution in [0.1, 0.15) is 11.1 Å². The van der Waals surface area contributed by atoms with Gasteiger partial charge >= 0.3 is 0 Å². The minimum atomic E-state index is 0.627.